The average Bonchev–Trinajstić information content (AvgIpc) is 3.49. The summed E-state index contributed by atoms with van der Waals surface area (Å²) >= 11 is 0. The van der Waals surface area contributed by atoms with Gasteiger partial charge in [-0.05, 0) is 64.5 Å². The molecule has 0 atom stereocenters. The minimum absolute atomic E-state index is 0. The van der Waals surface area contributed by atoms with Crippen molar-refractivity contribution in [2.45, 2.75) is 26.2 Å². The number of fused-ring (bicyclic) bond motifs is 6. The Morgan fingerprint density at radius 2 is 1.35 bits per heavy atom. The fourth-order valence-electron chi connectivity index (χ4n) is 6.65. The smallest absolute Gasteiger partial charge is 0.168 e. The molecule has 6 aromatic carbocycles. The standard InChI is InChI=1S/C45H32N3O2.Pt/c1-45(2,3)32-25-26-46-44(28-32)48-36-16-8-7-15-34(36)35-23-22-33(29-38(35)48)47-37-17-9-10-18-40(37)49-42-19-11-12-20-43(42)50-41-24-21-31(27-39(41)47)30-13-5-4-6-14-30;/h4-13,15-26,28H,1-3H3;/q-3;. The summed E-state index contributed by atoms with van der Waals surface area (Å²) in [6.45, 7) is 6.67. The molecule has 3 heterocycles. The Morgan fingerprint density at radius 3 is 2.14 bits per heavy atom. The molecule has 0 saturated heterocycles. The van der Waals surface area contributed by atoms with Crippen LogP contribution in [0.2, 0.25) is 0 Å². The van der Waals surface area contributed by atoms with Crippen LogP contribution in [0.4, 0.5) is 17.1 Å². The van der Waals surface area contributed by atoms with Gasteiger partial charge in [0.2, 0.25) is 0 Å². The molecule has 0 bridgehead atoms. The molecular formula is C45H32N3O2Pt-3. The van der Waals surface area contributed by atoms with Crippen LogP contribution in [0.5, 0.6) is 23.0 Å². The Balaban J connectivity index is 0.00000374. The van der Waals surface area contributed by atoms with E-state index in [2.05, 4.69) is 103 Å². The summed E-state index contributed by atoms with van der Waals surface area (Å²) in [4.78, 5) is 7.03. The van der Waals surface area contributed by atoms with Crippen LogP contribution in [-0.4, -0.2) is 9.55 Å². The molecule has 0 saturated carbocycles. The van der Waals surface area contributed by atoms with E-state index >= 15 is 0 Å². The number of rotatable bonds is 3. The molecule has 0 amide bonds. The van der Waals surface area contributed by atoms with Gasteiger partial charge < -0.3 is 18.9 Å². The number of para-hydroxylation sites is 5. The van der Waals surface area contributed by atoms with E-state index in [1.807, 2.05) is 85.1 Å². The molecular weight excluding hydrogens is 810 g/mol. The Hall–Kier alpha value is -5.64. The molecule has 9 rings (SSSR count). The van der Waals surface area contributed by atoms with E-state index in [1.165, 1.54) is 5.56 Å². The summed E-state index contributed by atoms with van der Waals surface area (Å²) in [5.74, 6) is 3.39. The van der Waals surface area contributed by atoms with Crippen LogP contribution in [0.15, 0.2) is 140 Å². The monoisotopic (exact) mass is 841 g/mol. The predicted molar refractivity (Wildman–Crippen MR) is 200 cm³/mol. The van der Waals surface area contributed by atoms with E-state index in [-0.39, 0.29) is 26.5 Å². The van der Waals surface area contributed by atoms with E-state index in [9.17, 15) is 0 Å². The predicted octanol–water partition coefficient (Wildman–Crippen LogP) is 11.9. The molecule has 0 unspecified atom stereocenters. The van der Waals surface area contributed by atoms with Crippen LogP contribution in [0.3, 0.4) is 0 Å². The van der Waals surface area contributed by atoms with Crippen LogP contribution >= 0.6 is 0 Å². The quantitative estimate of drug-likeness (QED) is 0.166. The molecule has 0 N–H and O–H groups in total. The Kier molecular flexibility index (Phi) is 8.24. The number of benzene rings is 6. The van der Waals surface area contributed by atoms with Crippen LogP contribution in [0, 0.1) is 18.2 Å². The summed E-state index contributed by atoms with van der Waals surface area (Å²) < 4.78 is 15.5. The number of hydrogen-bond donors (Lipinski definition) is 0. The molecule has 2 aromatic heterocycles. The number of anilines is 3. The third kappa shape index (κ3) is 5.78. The van der Waals surface area contributed by atoms with Gasteiger partial charge in [0, 0.05) is 32.8 Å². The van der Waals surface area contributed by atoms with Crippen molar-refractivity contribution in [3.8, 4) is 39.9 Å². The van der Waals surface area contributed by atoms with Crippen molar-refractivity contribution in [1.82, 2.24) is 9.55 Å². The van der Waals surface area contributed by atoms with Crippen molar-refractivity contribution in [3.05, 3.63) is 163 Å². The average molecular weight is 842 g/mol. The van der Waals surface area contributed by atoms with Crippen molar-refractivity contribution in [3.63, 3.8) is 0 Å². The second-order valence-electron chi connectivity index (χ2n) is 13.4. The Morgan fingerprint density at radius 1 is 0.627 bits per heavy atom. The molecule has 51 heavy (non-hydrogen) atoms. The van der Waals surface area contributed by atoms with Crippen LogP contribution in [-0.2, 0) is 26.5 Å². The first-order valence-electron chi connectivity index (χ1n) is 16.7. The third-order valence-electron chi connectivity index (χ3n) is 9.16. The number of pyridine rings is 1. The first-order chi connectivity index (χ1) is 24.4. The van der Waals surface area contributed by atoms with E-state index in [4.69, 9.17) is 14.5 Å². The van der Waals surface area contributed by atoms with Gasteiger partial charge >= 0.3 is 0 Å². The van der Waals surface area contributed by atoms with Gasteiger partial charge in [-0.1, -0.05) is 74.4 Å². The van der Waals surface area contributed by atoms with Crippen molar-refractivity contribution in [2.24, 2.45) is 0 Å². The van der Waals surface area contributed by atoms with E-state index in [0.29, 0.717) is 23.0 Å². The molecule has 6 heteroatoms. The van der Waals surface area contributed by atoms with Crippen molar-refractivity contribution in [1.29, 1.82) is 0 Å². The van der Waals surface area contributed by atoms with Gasteiger partial charge in [0.25, 0.3) is 0 Å². The molecule has 0 spiro atoms. The third-order valence-corrected chi connectivity index (χ3v) is 9.16. The van der Waals surface area contributed by atoms with Crippen molar-refractivity contribution in [2.75, 3.05) is 4.90 Å². The number of aromatic nitrogens is 2. The van der Waals surface area contributed by atoms with Crippen molar-refractivity contribution >= 4 is 38.9 Å². The van der Waals surface area contributed by atoms with Gasteiger partial charge in [-0.25, -0.2) is 16.1 Å². The zero-order valence-corrected chi connectivity index (χ0v) is 30.5. The second kappa shape index (κ2) is 12.9. The maximum absolute atomic E-state index is 6.67. The van der Waals surface area contributed by atoms with Gasteiger partial charge in [0.15, 0.2) is 17.2 Å². The summed E-state index contributed by atoms with van der Waals surface area (Å²) in [6, 6.07) is 55.7. The SMILES string of the molecule is CC(C)(C)c1ccnc(-n2c3[c-]c(N4c5[c-]c(-c6[c-]cccc6)ccc5Oc5ccccc5Oc5ccccc54)ccc3c3ccccc32)c1.[Pt]. The molecule has 252 valence electrons. The normalized spacial score (nSPS) is 12.3. The summed E-state index contributed by atoms with van der Waals surface area (Å²) in [7, 11) is 0. The van der Waals surface area contributed by atoms with E-state index in [0.717, 1.165) is 55.8 Å². The first-order valence-corrected chi connectivity index (χ1v) is 16.7. The largest absolute Gasteiger partial charge is 0.496 e. The minimum Gasteiger partial charge on any atom is -0.496 e. The number of ether oxygens (including phenoxy) is 2. The van der Waals surface area contributed by atoms with Gasteiger partial charge in [-0.3, -0.25) is 0 Å². The first kappa shape index (κ1) is 32.6. The molecule has 0 radical (unpaired) electrons. The van der Waals surface area contributed by atoms with Crippen LogP contribution < -0.4 is 14.4 Å². The summed E-state index contributed by atoms with van der Waals surface area (Å²) in [5.41, 5.74) is 7.32. The zero-order chi connectivity index (χ0) is 33.8. The van der Waals surface area contributed by atoms with Gasteiger partial charge in [-0.2, -0.15) is 42.5 Å². The van der Waals surface area contributed by atoms with Crippen LogP contribution in [0.1, 0.15) is 26.3 Å². The fraction of sp³-hybridized carbons (Fsp3) is 0.0889. The minimum atomic E-state index is -0.0386. The molecule has 1 aliphatic rings. The second-order valence-corrected chi connectivity index (χ2v) is 13.4. The Labute approximate surface area is 312 Å². The van der Waals surface area contributed by atoms with E-state index < -0.39 is 0 Å². The van der Waals surface area contributed by atoms with Gasteiger partial charge in [0.05, 0.1) is 11.4 Å². The maximum Gasteiger partial charge on any atom is 0.168 e. The topological polar surface area (TPSA) is 39.5 Å². The zero-order valence-electron chi connectivity index (χ0n) is 28.3. The molecule has 5 nitrogen and oxygen atoms in total. The maximum atomic E-state index is 6.67. The van der Waals surface area contributed by atoms with E-state index in [1.54, 1.807) is 0 Å². The summed E-state index contributed by atoms with van der Waals surface area (Å²) in [6.07, 6.45) is 1.90. The molecule has 8 aromatic rings. The van der Waals surface area contributed by atoms with Crippen LogP contribution in [0.25, 0.3) is 38.8 Å². The Bertz CT molecular complexity index is 2550. The number of nitrogens with zero attached hydrogens (tertiary/aromatic N) is 3. The molecule has 1 aliphatic heterocycles. The number of hydrogen-bond acceptors (Lipinski definition) is 4. The fourth-order valence-corrected chi connectivity index (χ4v) is 6.65. The van der Waals surface area contributed by atoms with Gasteiger partial charge in [0.1, 0.15) is 5.82 Å². The molecule has 0 fully saturated rings. The van der Waals surface area contributed by atoms with Gasteiger partial charge in [-0.15, -0.1) is 29.7 Å². The van der Waals surface area contributed by atoms with Crippen molar-refractivity contribution < 1.29 is 30.5 Å². The summed E-state index contributed by atoms with van der Waals surface area (Å²) in [5, 5.41) is 2.22. The molecule has 0 aliphatic carbocycles.